The van der Waals surface area contributed by atoms with Crippen LogP contribution in [0.15, 0.2) is 41.1 Å². The molecule has 1 unspecified atom stereocenters. The third-order valence-corrected chi connectivity index (χ3v) is 3.51. The van der Waals surface area contributed by atoms with Crippen molar-refractivity contribution in [3.8, 4) is 0 Å². The van der Waals surface area contributed by atoms with Gasteiger partial charge in [-0.1, -0.05) is 19.1 Å². The fraction of sp³-hybridized carbons (Fsp3) is 0.214. The highest BCUT2D eigenvalue weighted by atomic mass is 79.9. The van der Waals surface area contributed by atoms with E-state index in [2.05, 4.69) is 20.9 Å². The van der Waals surface area contributed by atoms with Crippen molar-refractivity contribution in [2.24, 2.45) is 0 Å². The Kier molecular flexibility index (Phi) is 4.09. The van der Waals surface area contributed by atoms with E-state index >= 15 is 0 Å². The highest BCUT2D eigenvalue weighted by Gasteiger charge is 2.18. The zero-order chi connectivity index (χ0) is 13.1. The summed E-state index contributed by atoms with van der Waals surface area (Å²) in [4.78, 5) is 4.02. The highest BCUT2D eigenvalue weighted by Crippen LogP contribution is 2.29. The summed E-state index contributed by atoms with van der Waals surface area (Å²) < 4.78 is 14.3. The van der Waals surface area contributed by atoms with Gasteiger partial charge in [-0.05, 0) is 45.6 Å². The van der Waals surface area contributed by atoms with Crippen LogP contribution >= 0.6 is 15.9 Å². The topological polar surface area (TPSA) is 33.1 Å². The van der Waals surface area contributed by atoms with Crippen LogP contribution in [0.3, 0.4) is 0 Å². The van der Waals surface area contributed by atoms with Crippen molar-refractivity contribution in [3.05, 3.63) is 63.6 Å². The zero-order valence-electron chi connectivity index (χ0n) is 9.90. The molecule has 0 saturated heterocycles. The lowest BCUT2D eigenvalue weighted by atomic mass is 9.97. The minimum absolute atomic E-state index is 0.269. The maximum atomic E-state index is 14.0. The minimum Gasteiger partial charge on any atom is -0.384 e. The van der Waals surface area contributed by atoms with Crippen molar-refractivity contribution in [1.29, 1.82) is 0 Å². The van der Waals surface area contributed by atoms with Gasteiger partial charge in [-0.2, -0.15) is 0 Å². The number of aliphatic hydroxyl groups is 1. The van der Waals surface area contributed by atoms with Crippen molar-refractivity contribution < 1.29 is 9.50 Å². The summed E-state index contributed by atoms with van der Waals surface area (Å²) in [6.07, 6.45) is 3.08. The maximum absolute atomic E-state index is 14.0. The Morgan fingerprint density at radius 1 is 1.33 bits per heavy atom. The molecule has 0 fully saturated rings. The monoisotopic (exact) mass is 309 g/mol. The fourth-order valence-electron chi connectivity index (χ4n) is 1.90. The Balaban J connectivity index is 2.48. The first kappa shape index (κ1) is 13.2. The lowest BCUT2D eigenvalue weighted by Crippen LogP contribution is -2.06. The molecule has 0 amide bonds. The third-order valence-electron chi connectivity index (χ3n) is 2.89. The Bertz CT molecular complexity index is 559. The van der Waals surface area contributed by atoms with Crippen LogP contribution in [0.2, 0.25) is 0 Å². The van der Waals surface area contributed by atoms with E-state index < -0.39 is 11.9 Å². The summed E-state index contributed by atoms with van der Waals surface area (Å²) in [6.45, 7) is 1.98. The molecular formula is C14H13BrFNO. The molecule has 1 aromatic heterocycles. The van der Waals surface area contributed by atoms with Crippen molar-refractivity contribution in [3.63, 3.8) is 0 Å². The largest absolute Gasteiger partial charge is 0.384 e. The van der Waals surface area contributed by atoms with Gasteiger partial charge in [0.25, 0.3) is 0 Å². The first-order valence-corrected chi connectivity index (χ1v) is 6.49. The van der Waals surface area contributed by atoms with Gasteiger partial charge in [0.15, 0.2) is 0 Å². The number of rotatable bonds is 3. The van der Waals surface area contributed by atoms with E-state index in [1.54, 1.807) is 36.7 Å². The molecule has 2 aromatic rings. The minimum atomic E-state index is -0.972. The second-order valence-corrected chi connectivity index (χ2v) is 4.83. The highest BCUT2D eigenvalue weighted by molar-refractivity contribution is 9.10. The third kappa shape index (κ3) is 2.44. The van der Waals surface area contributed by atoms with E-state index in [0.717, 1.165) is 12.0 Å². The van der Waals surface area contributed by atoms with Crippen molar-refractivity contribution in [2.75, 3.05) is 0 Å². The van der Waals surface area contributed by atoms with Gasteiger partial charge in [-0.3, -0.25) is 4.98 Å². The second kappa shape index (κ2) is 5.59. The first-order chi connectivity index (χ1) is 8.65. The quantitative estimate of drug-likeness (QED) is 0.939. The standard InChI is InChI=1S/C14H13BrFNO/c1-2-9-8-17-7-6-10(9)14(18)11-4-3-5-12(15)13(11)16/h3-8,14,18H,2H2,1H3. The Morgan fingerprint density at radius 3 is 2.83 bits per heavy atom. The number of benzene rings is 1. The molecule has 2 nitrogen and oxygen atoms in total. The molecule has 94 valence electrons. The molecule has 0 radical (unpaired) electrons. The van der Waals surface area contributed by atoms with E-state index in [-0.39, 0.29) is 5.56 Å². The number of nitrogens with zero attached hydrogens (tertiary/aromatic N) is 1. The number of aryl methyl sites for hydroxylation is 1. The van der Waals surface area contributed by atoms with Crippen LogP contribution in [-0.2, 0) is 6.42 Å². The maximum Gasteiger partial charge on any atom is 0.143 e. The Labute approximate surface area is 114 Å². The Hall–Kier alpha value is -1.26. The average molecular weight is 310 g/mol. The zero-order valence-corrected chi connectivity index (χ0v) is 11.5. The summed E-state index contributed by atoms with van der Waals surface area (Å²) in [5.41, 5.74) is 1.89. The molecule has 1 aromatic carbocycles. The van der Waals surface area contributed by atoms with E-state index in [4.69, 9.17) is 0 Å². The van der Waals surface area contributed by atoms with Gasteiger partial charge in [0.05, 0.1) is 4.47 Å². The van der Waals surface area contributed by atoms with E-state index in [1.165, 1.54) is 0 Å². The summed E-state index contributed by atoms with van der Waals surface area (Å²) in [5.74, 6) is -0.427. The first-order valence-electron chi connectivity index (χ1n) is 5.70. The smallest absolute Gasteiger partial charge is 0.143 e. The number of aliphatic hydroxyl groups excluding tert-OH is 1. The molecule has 0 spiro atoms. The van der Waals surface area contributed by atoms with E-state index in [1.807, 2.05) is 6.92 Å². The second-order valence-electron chi connectivity index (χ2n) is 3.97. The van der Waals surface area contributed by atoms with Gasteiger partial charge >= 0.3 is 0 Å². The molecule has 0 saturated carbocycles. The summed E-state index contributed by atoms with van der Waals surface area (Å²) >= 11 is 3.12. The lowest BCUT2D eigenvalue weighted by molar-refractivity contribution is 0.213. The molecule has 18 heavy (non-hydrogen) atoms. The normalized spacial score (nSPS) is 12.4. The SMILES string of the molecule is CCc1cnccc1C(O)c1cccc(Br)c1F. The van der Waals surface area contributed by atoms with Crippen LogP contribution < -0.4 is 0 Å². The summed E-state index contributed by atoms with van der Waals surface area (Å²) in [5, 5.41) is 10.3. The van der Waals surface area contributed by atoms with Gasteiger partial charge in [-0.25, -0.2) is 4.39 Å². The van der Waals surface area contributed by atoms with Crippen molar-refractivity contribution in [2.45, 2.75) is 19.4 Å². The number of pyridine rings is 1. The van der Waals surface area contributed by atoms with Gasteiger partial charge in [0, 0.05) is 18.0 Å². The van der Waals surface area contributed by atoms with Crippen LogP contribution in [0, 0.1) is 5.82 Å². The molecule has 0 aliphatic heterocycles. The van der Waals surface area contributed by atoms with E-state index in [0.29, 0.717) is 10.0 Å². The summed E-state index contributed by atoms with van der Waals surface area (Å²) in [6, 6.07) is 6.63. The van der Waals surface area contributed by atoms with Gasteiger partial charge < -0.3 is 5.11 Å². The lowest BCUT2D eigenvalue weighted by Gasteiger charge is -2.16. The molecule has 0 bridgehead atoms. The van der Waals surface area contributed by atoms with Crippen molar-refractivity contribution in [1.82, 2.24) is 4.98 Å². The molecule has 2 rings (SSSR count). The average Bonchev–Trinajstić information content (AvgIpc) is 2.41. The van der Waals surface area contributed by atoms with Gasteiger partial charge in [-0.15, -0.1) is 0 Å². The van der Waals surface area contributed by atoms with Gasteiger partial charge in [0.1, 0.15) is 11.9 Å². The molecule has 4 heteroatoms. The number of halogens is 2. The number of aromatic nitrogens is 1. The van der Waals surface area contributed by atoms with Crippen LogP contribution in [0.1, 0.15) is 29.7 Å². The summed E-state index contributed by atoms with van der Waals surface area (Å²) in [7, 11) is 0. The fourth-order valence-corrected chi connectivity index (χ4v) is 2.28. The van der Waals surface area contributed by atoms with E-state index in [9.17, 15) is 9.50 Å². The predicted octanol–water partition coefficient (Wildman–Crippen LogP) is 3.63. The molecule has 1 atom stereocenters. The molecule has 0 aliphatic carbocycles. The molecule has 1 heterocycles. The van der Waals surface area contributed by atoms with Crippen molar-refractivity contribution >= 4 is 15.9 Å². The molecule has 1 N–H and O–H groups in total. The van der Waals surface area contributed by atoms with Crippen LogP contribution in [-0.4, -0.2) is 10.1 Å². The number of hydrogen-bond donors (Lipinski definition) is 1. The number of hydrogen-bond acceptors (Lipinski definition) is 2. The molecular weight excluding hydrogens is 297 g/mol. The van der Waals surface area contributed by atoms with Crippen LogP contribution in [0.4, 0.5) is 4.39 Å². The molecule has 0 aliphatic rings. The van der Waals surface area contributed by atoms with Crippen LogP contribution in [0.5, 0.6) is 0 Å². The van der Waals surface area contributed by atoms with Gasteiger partial charge in [0.2, 0.25) is 0 Å². The Morgan fingerprint density at radius 2 is 2.11 bits per heavy atom. The van der Waals surface area contributed by atoms with Crippen LogP contribution in [0.25, 0.3) is 0 Å². The predicted molar refractivity (Wildman–Crippen MR) is 71.8 cm³/mol.